The average Bonchev–Trinajstić information content (AvgIpc) is 3.64. The highest BCUT2D eigenvalue weighted by Gasteiger charge is 2.52. The molecule has 0 N–H and O–H groups in total. The van der Waals surface area contributed by atoms with E-state index in [9.17, 15) is 0 Å². The number of hydrogen-bond donors (Lipinski definition) is 0. The Morgan fingerprint density at radius 2 is 1.04 bits per heavy atom. The van der Waals surface area contributed by atoms with Gasteiger partial charge in [-0.05, 0) is 99.5 Å². The molecule has 0 aromatic heterocycles. The van der Waals surface area contributed by atoms with Crippen molar-refractivity contribution in [1.82, 2.24) is 0 Å². The Balaban J connectivity index is 1.37. The van der Waals surface area contributed by atoms with Gasteiger partial charge in [0.15, 0.2) is 0 Å². The number of anilines is 3. The molecule has 1 nitrogen and oxygen atoms in total. The Hall–Kier alpha value is -5.92. The lowest BCUT2D eigenvalue weighted by Crippen LogP contribution is -2.27. The summed E-state index contributed by atoms with van der Waals surface area (Å²) in [6, 6.07) is 64.5. The molecule has 1 atom stereocenters. The molecule has 1 spiro atoms. The van der Waals surface area contributed by atoms with Crippen LogP contribution in [-0.2, 0) is 5.41 Å². The monoisotopic (exact) mass is 599 g/mol. The van der Waals surface area contributed by atoms with Gasteiger partial charge in [-0.15, -0.1) is 0 Å². The smallest absolute Gasteiger partial charge is 0.0726 e. The Labute approximate surface area is 276 Å². The summed E-state index contributed by atoms with van der Waals surface area (Å²) in [7, 11) is 0. The maximum atomic E-state index is 2.46. The molecule has 0 aliphatic heterocycles. The molecule has 7 aromatic carbocycles. The van der Waals surface area contributed by atoms with Gasteiger partial charge in [0.25, 0.3) is 0 Å². The van der Waals surface area contributed by atoms with Gasteiger partial charge < -0.3 is 4.90 Å². The van der Waals surface area contributed by atoms with Crippen molar-refractivity contribution in [3.05, 3.63) is 209 Å². The summed E-state index contributed by atoms with van der Waals surface area (Å²) in [6.07, 6.45) is 2.44. The van der Waals surface area contributed by atoms with Gasteiger partial charge in [0, 0.05) is 16.9 Å². The molecule has 222 valence electrons. The van der Waals surface area contributed by atoms with E-state index in [1.807, 2.05) is 0 Å². The number of para-hydroxylation sites is 2. The molecule has 0 radical (unpaired) electrons. The Morgan fingerprint density at radius 1 is 0.447 bits per heavy atom. The number of nitrogens with zero attached hydrogens (tertiary/aromatic N) is 1. The van der Waals surface area contributed by atoms with Crippen LogP contribution in [0.1, 0.15) is 33.4 Å². The third-order valence-corrected chi connectivity index (χ3v) is 9.95. The number of aryl methyl sites for hydroxylation is 1. The van der Waals surface area contributed by atoms with E-state index in [-0.39, 0.29) is 0 Å². The van der Waals surface area contributed by atoms with Gasteiger partial charge in [-0.25, -0.2) is 0 Å². The van der Waals surface area contributed by atoms with E-state index < -0.39 is 5.41 Å². The van der Waals surface area contributed by atoms with Crippen molar-refractivity contribution >= 4 is 28.7 Å². The number of allylic oxidation sites excluding steroid dienone is 1. The fourth-order valence-electron chi connectivity index (χ4n) is 7.92. The van der Waals surface area contributed by atoms with Crippen molar-refractivity contribution in [1.29, 1.82) is 0 Å². The fraction of sp³-hybridized carbons (Fsp3) is 0.0435. The molecule has 0 fully saturated rings. The first-order chi connectivity index (χ1) is 23.2. The van der Waals surface area contributed by atoms with E-state index in [0.717, 1.165) is 11.4 Å². The molecule has 0 amide bonds. The predicted octanol–water partition coefficient (Wildman–Crippen LogP) is 12.0. The summed E-state index contributed by atoms with van der Waals surface area (Å²) in [6.45, 7) is 2.15. The highest BCUT2D eigenvalue weighted by Crippen LogP contribution is 2.64. The van der Waals surface area contributed by atoms with Crippen molar-refractivity contribution in [2.24, 2.45) is 0 Å². The second kappa shape index (κ2) is 10.9. The summed E-state index contributed by atoms with van der Waals surface area (Å²) < 4.78 is 0. The third kappa shape index (κ3) is 4.17. The summed E-state index contributed by atoms with van der Waals surface area (Å²) in [5, 5.41) is 0. The second-order valence-corrected chi connectivity index (χ2v) is 12.6. The first-order valence-electron chi connectivity index (χ1n) is 16.4. The quantitative estimate of drug-likeness (QED) is 0.190. The topological polar surface area (TPSA) is 3.24 Å². The molecule has 1 heteroatoms. The molecule has 7 aromatic rings. The average molecular weight is 600 g/mol. The van der Waals surface area contributed by atoms with Gasteiger partial charge in [-0.1, -0.05) is 145 Å². The van der Waals surface area contributed by atoms with Gasteiger partial charge in [0.1, 0.15) is 0 Å². The largest absolute Gasteiger partial charge is 0.310 e. The normalized spacial score (nSPS) is 15.6. The van der Waals surface area contributed by atoms with Gasteiger partial charge in [-0.2, -0.15) is 0 Å². The number of rotatable bonds is 5. The minimum Gasteiger partial charge on any atom is -0.310 e. The van der Waals surface area contributed by atoms with Crippen LogP contribution in [0.15, 0.2) is 176 Å². The molecule has 1 unspecified atom stereocenters. The van der Waals surface area contributed by atoms with Crippen molar-refractivity contribution < 1.29 is 0 Å². The maximum absolute atomic E-state index is 2.46. The van der Waals surface area contributed by atoms with Gasteiger partial charge >= 0.3 is 0 Å². The minimum absolute atomic E-state index is 0.474. The van der Waals surface area contributed by atoms with Crippen LogP contribution in [0, 0.1) is 6.92 Å². The van der Waals surface area contributed by atoms with Crippen LogP contribution in [0.3, 0.4) is 0 Å². The second-order valence-electron chi connectivity index (χ2n) is 12.6. The van der Waals surface area contributed by atoms with Crippen LogP contribution in [0.2, 0.25) is 0 Å². The van der Waals surface area contributed by atoms with Gasteiger partial charge in [0.2, 0.25) is 0 Å². The zero-order chi connectivity index (χ0) is 31.4. The van der Waals surface area contributed by atoms with Crippen LogP contribution < -0.4 is 4.90 Å². The summed E-state index contributed by atoms with van der Waals surface area (Å²) >= 11 is 0. The molecular weight excluding hydrogens is 567 g/mol. The van der Waals surface area contributed by atoms with E-state index in [1.165, 1.54) is 66.9 Å². The predicted molar refractivity (Wildman–Crippen MR) is 197 cm³/mol. The van der Waals surface area contributed by atoms with Gasteiger partial charge in [-0.3, -0.25) is 0 Å². The van der Waals surface area contributed by atoms with Crippen molar-refractivity contribution in [3.63, 3.8) is 0 Å². The molecule has 47 heavy (non-hydrogen) atoms. The van der Waals surface area contributed by atoms with Crippen molar-refractivity contribution in [2.45, 2.75) is 12.3 Å². The van der Waals surface area contributed by atoms with Crippen LogP contribution in [0.25, 0.3) is 33.9 Å². The fourth-order valence-corrected chi connectivity index (χ4v) is 7.92. The van der Waals surface area contributed by atoms with Crippen LogP contribution in [0.4, 0.5) is 17.1 Å². The van der Waals surface area contributed by atoms with Crippen LogP contribution in [0.5, 0.6) is 0 Å². The zero-order valence-electron chi connectivity index (χ0n) is 26.3. The molecule has 0 heterocycles. The van der Waals surface area contributed by atoms with E-state index in [1.54, 1.807) is 0 Å². The first-order valence-corrected chi connectivity index (χ1v) is 16.4. The first kappa shape index (κ1) is 27.4. The van der Waals surface area contributed by atoms with E-state index in [4.69, 9.17) is 0 Å². The highest BCUT2D eigenvalue weighted by atomic mass is 15.1. The molecule has 2 aliphatic rings. The molecule has 0 saturated carbocycles. The minimum atomic E-state index is -0.474. The highest BCUT2D eigenvalue weighted by molar-refractivity contribution is 6.08. The van der Waals surface area contributed by atoms with Crippen LogP contribution in [-0.4, -0.2) is 0 Å². The molecule has 0 bridgehead atoms. The molecule has 0 saturated heterocycles. The lowest BCUT2D eigenvalue weighted by atomic mass is 9.67. The molecule has 9 rings (SSSR count). The van der Waals surface area contributed by atoms with Crippen molar-refractivity contribution in [3.8, 4) is 22.3 Å². The Morgan fingerprint density at radius 3 is 1.74 bits per heavy atom. The Bertz CT molecular complexity index is 2240. The number of benzene rings is 7. The zero-order valence-corrected chi connectivity index (χ0v) is 26.3. The number of fused-ring (bicyclic) bond motifs is 7. The number of hydrogen-bond acceptors (Lipinski definition) is 1. The lowest BCUT2D eigenvalue weighted by Gasteiger charge is -2.34. The Kier molecular flexibility index (Phi) is 6.33. The van der Waals surface area contributed by atoms with E-state index in [0.29, 0.717) is 0 Å². The van der Waals surface area contributed by atoms with E-state index in [2.05, 4.69) is 194 Å². The summed E-state index contributed by atoms with van der Waals surface area (Å²) in [5.41, 5.74) is 17.1. The maximum Gasteiger partial charge on any atom is 0.0726 e. The lowest BCUT2D eigenvalue weighted by molar-refractivity contribution is 0.842. The SMILES string of the molecule is Cc1ccc(-c2ccc3c(c2)C2(C(c4ccccc4)=C3)c3ccccc3-c3c(N(c4ccccc4)c4ccccc4)cccc32)cc1. The van der Waals surface area contributed by atoms with E-state index >= 15 is 0 Å². The van der Waals surface area contributed by atoms with Crippen molar-refractivity contribution in [2.75, 3.05) is 4.90 Å². The standard InChI is InChI=1S/C46H33N/c1-32-24-26-33(27-25-32)35-28-29-36-31-42(34-14-5-2-6-15-34)46(43(36)30-35)40-21-12-11-20-39(40)45-41(46)22-13-23-44(45)47(37-16-7-3-8-17-37)38-18-9-4-10-19-38/h2-31H,1H3. The summed E-state index contributed by atoms with van der Waals surface area (Å²) in [5.74, 6) is 0. The molecule has 2 aliphatic carbocycles. The third-order valence-electron chi connectivity index (χ3n) is 9.95. The molecular formula is C46H33N. The van der Waals surface area contributed by atoms with Gasteiger partial charge in [0.05, 0.1) is 11.1 Å². The summed E-state index contributed by atoms with van der Waals surface area (Å²) in [4.78, 5) is 2.42. The van der Waals surface area contributed by atoms with Crippen LogP contribution >= 0.6 is 0 Å².